The van der Waals surface area contributed by atoms with Gasteiger partial charge in [-0.25, -0.2) is 0 Å². The lowest BCUT2D eigenvalue weighted by atomic mass is 10.0. The van der Waals surface area contributed by atoms with E-state index >= 15 is 0 Å². The Bertz CT molecular complexity index is 425. The molecule has 18 heavy (non-hydrogen) atoms. The molecule has 5 heteroatoms. The summed E-state index contributed by atoms with van der Waals surface area (Å²) in [6.07, 6.45) is 0. The highest BCUT2D eigenvalue weighted by Gasteiger charge is 2.33. The summed E-state index contributed by atoms with van der Waals surface area (Å²) in [6.45, 7) is 3.87. The molecule has 0 bridgehead atoms. The van der Waals surface area contributed by atoms with Gasteiger partial charge in [-0.3, -0.25) is 4.79 Å². The number of anilines is 1. The summed E-state index contributed by atoms with van der Waals surface area (Å²) in [5.74, 6) is -0.215. The molecule has 2 N–H and O–H groups in total. The molecular formula is C13H17ClN2O2. The van der Waals surface area contributed by atoms with Crippen LogP contribution in [0.15, 0.2) is 24.3 Å². The predicted molar refractivity (Wildman–Crippen MR) is 71.9 cm³/mol. The number of rotatable bonds is 4. The highest BCUT2D eigenvalue weighted by molar-refractivity contribution is 6.33. The van der Waals surface area contributed by atoms with Crippen LogP contribution in [0.2, 0.25) is 5.02 Å². The Morgan fingerprint density at radius 2 is 2.22 bits per heavy atom. The van der Waals surface area contributed by atoms with Crippen molar-refractivity contribution in [1.29, 1.82) is 0 Å². The van der Waals surface area contributed by atoms with E-state index in [9.17, 15) is 4.79 Å². The van der Waals surface area contributed by atoms with Crippen molar-refractivity contribution in [3.8, 4) is 0 Å². The molecule has 2 rings (SSSR count). The molecule has 0 aliphatic carbocycles. The Balaban J connectivity index is 2.01. The number of halogens is 1. The van der Waals surface area contributed by atoms with Crippen LogP contribution < -0.4 is 10.6 Å². The number of carbonyl (C=O) groups excluding carboxylic acids is 1. The van der Waals surface area contributed by atoms with Crippen molar-refractivity contribution in [2.75, 3.05) is 25.1 Å². The number of amides is 1. The number of nitrogens with one attached hydrogen (secondary N) is 2. The molecule has 4 nitrogen and oxygen atoms in total. The van der Waals surface area contributed by atoms with Gasteiger partial charge in [0.25, 0.3) is 0 Å². The van der Waals surface area contributed by atoms with E-state index in [1.165, 1.54) is 0 Å². The van der Waals surface area contributed by atoms with E-state index in [1.54, 1.807) is 12.1 Å². The van der Waals surface area contributed by atoms with Gasteiger partial charge < -0.3 is 15.4 Å². The standard InChI is InChI=1S/C13H17ClN2O2/c1-2-15-12-8-18-7-9(12)13(17)16-11-6-4-3-5-10(11)14/h3-6,9,12,15H,2,7-8H2,1H3,(H,16,17). The number of hydrogen-bond donors (Lipinski definition) is 2. The van der Waals surface area contributed by atoms with Gasteiger partial charge in [-0.05, 0) is 18.7 Å². The van der Waals surface area contributed by atoms with Gasteiger partial charge >= 0.3 is 0 Å². The molecule has 0 saturated carbocycles. The minimum absolute atomic E-state index is 0.0495. The molecule has 0 radical (unpaired) electrons. The molecule has 1 aliphatic rings. The summed E-state index contributed by atoms with van der Waals surface area (Å²) in [7, 11) is 0. The van der Waals surface area contributed by atoms with E-state index in [1.807, 2.05) is 19.1 Å². The van der Waals surface area contributed by atoms with E-state index in [0.29, 0.717) is 23.9 Å². The average molecular weight is 269 g/mol. The maximum atomic E-state index is 12.2. The van der Waals surface area contributed by atoms with Crippen molar-refractivity contribution in [2.45, 2.75) is 13.0 Å². The predicted octanol–water partition coefficient (Wildman–Crippen LogP) is 1.90. The Morgan fingerprint density at radius 1 is 1.44 bits per heavy atom. The fourth-order valence-electron chi connectivity index (χ4n) is 2.06. The molecule has 1 aromatic rings. The molecule has 1 amide bonds. The third kappa shape index (κ3) is 3.02. The van der Waals surface area contributed by atoms with E-state index in [4.69, 9.17) is 16.3 Å². The van der Waals surface area contributed by atoms with E-state index in [2.05, 4.69) is 10.6 Å². The zero-order valence-electron chi connectivity index (χ0n) is 10.3. The normalized spacial score (nSPS) is 23.0. The number of ether oxygens (including phenoxy) is 1. The van der Waals surface area contributed by atoms with Crippen LogP contribution in [0.4, 0.5) is 5.69 Å². The Hall–Kier alpha value is -1.10. The van der Waals surface area contributed by atoms with Gasteiger partial charge in [-0.2, -0.15) is 0 Å². The smallest absolute Gasteiger partial charge is 0.231 e. The van der Waals surface area contributed by atoms with Gasteiger partial charge in [-0.1, -0.05) is 30.7 Å². The molecule has 2 unspecified atom stereocenters. The number of hydrogen-bond acceptors (Lipinski definition) is 3. The second kappa shape index (κ2) is 6.18. The summed E-state index contributed by atoms with van der Waals surface area (Å²) in [4.78, 5) is 12.2. The fourth-order valence-corrected chi connectivity index (χ4v) is 2.25. The Kier molecular flexibility index (Phi) is 4.58. The second-order valence-corrected chi connectivity index (χ2v) is 4.68. The van der Waals surface area contributed by atoms with E-state index in [0.717, 1.165) is 6.54 Å². The largest absolute Gasteiger partial charge is 0.379 e. The van der Waals surface area contributed by atoms with Crippen LogP contribution in [0.5, 0.6) is 0 Å². The lowest BCUT2D eigenvalue weighted by molar-refractivity contribution is -0.120. The van der Waals surface area contributed by atoms with Gasteiger partial charge in [0.05, 0.1) is 29.8 Å². The molecule has 2 atom stereocenters. The molecule has 1 saturated heterocycles. The first-order valence-electron chi connectivity index (χ1n) is 6.09. The molecular weight excluding hydrogens is 252 g/mol. The van der Waals surface area contributed by atoms with Crippen molar-refractivity contribution >= 4 is 23.2 Å². The molecule has 1 aliphatic heterocycles. The number of benzene rings is 1. The molecule has 1 aromatic carbocycles. The van der Waals surface area contributed by atoms with Gasteiger partial charge in [0, 0.05) is 6.04 Å². The average Bonchev–Trinajstić information content (AvgIpc) is 2.81. The zero-order valence-corrected chi connectivity index (χ0v) is 11.0. The van der Waals surface area contributed by atoms with Crippen molar-refractivity contribution in [3.63, 3.8) is 0 Å². The van der Waals surface area contributed by atoms with Gasteiger partial charge in [0.1, 0.15) is 0 Å². The van der Waals surface area contributed by atoms with Crippen LogP contribution in [0.3, 0.4) is 0 Å². The summed E-state index contributed by atoms with van der Waals surface area (Å²) >= 11 is 6.01. The maximum absolute atomic E-state index is 12.2. The van der Waals surface area contributed by atoms with Crippen molar-refractivity contribution in [3.05, 3.63) is 29.3 Å². The van der Waals surface area contributed by atoms with Crippen LogP contribution in [0.1, 0.15) is 6.92 Å². The summed E-state index contributed by atoms with van der Waals surface area (Å²) in [6, 6.07) is 7.30. The molecule has 1 fully saturated rings. The van der Waals surface area contributed by atoms with Crippen molar-refractivity contribution < 1.29 is 9.53 Å². The fraction of sp³-hybridized carbons (Fsp3) is 0.462. The highest BCUT2D eigenvalue weighted by atomic mass is 35.5. The topological polar surface area (TPSA) is 50.4 Å². The molecule has 1 heterocycles. The molecule has 0 aromatic heterocycles. The first kappa shape index (κ1) is 13.3. The van der Waals surface area contributed by atoms with E-state index < -0.39 is 0 Å². The van der Waals surface area contributed by atoms with Crippen LogP contribution in [-0.4, -0.2) is 31.7 Å². The SMILES string of the molecule is CCNC1COCC1C(=O)Nc1ccccc1Cl. The van der Waals surface area contributed by atoms with Gasteiger partial charge in [0.15, 0.2) is 0 Å². The second-order valence-electron chi connectivity index (χ2n) is 4.28. The first-order valence-corrected chi connectivity index (χ1v) is 6.46. The summed E-state index contributed by atoms with van der Waals surface area (Å²) in [5, 5.41) is 6.65. The Labute approximate surface area is 112 Å². The van der Waals surface area contributed by atoms with Crippen molar-refractivity contribution in [2.24, 2.45) is 5.92 Å². The number of likely N-dealkylation sites (N-methyl/N-ethyl adjacent to an activating group) is 1. The van der Waals surface area contributed by atoms with Crippen LogP contribution in [-0.2, 0) is 9.53 Å². The lowest BCUT2D eigenvalue weighted by Gasteiger charge is -2.18. The van der Waals surface area contributed by atoms with Crippen LogP contribution in [0, 0.1) is 5.92 Å². The first-order chi connectivity index (χ1) is 8.72. The Morgan fingerprint density at radius 3 is 2.94 bits per heavy atom. The van der Waals surface area contributed by atoms with E-state index in [-0.39, 0.29) is 17.9 Å². The number of carbonyl (C=O) groups is 1. The number of para-hydroxylation sites is 1. The third-order valence-electron chi connectivity index (χ3n) is 3.02. The maximum Gasteiger partial charge on any atom is 0.231 e. The monoisotopic (exact) mass is 268 g/mol. The minimum atomic E-state index is -0.166. The summed E-state index contributed by atoms with van der Waals surface area (Å²) in [5.41, 5.74) is 0.645. The summed E-state index contributed by atoms with van der Waals surface area (Å²) < 4.78 is 5.36. The molecule has 98 valence electrons. The highest BCUT2D eigenvalue weighted by Crippen LogP contribution is 2.23. The van der Waals surface area contributed by atoms with Crippen molar-refractivity contribution in [1.82, 2.24) is 5.32 Å². The molecule has 0 spiro atoms. The van der Waals surface area contributed by atoms with Gasteiger partial charge in [0.2, 0.25) is 5.91 Å². The van der Waals surface area contributed by atoms with Gasteiger partial charge in [-0.15, -0.1) is 0 Å². The minimum Gasteiger partial charge on any atom is -0.379 e. The zero-order chi connectivity index (χ0) is 13.0. The van der Waals surface area contributed by atoms with Crippen LogP contribution in [0.25, 0.3) is 0 Å². The van der Waals surface area contributed by atoms with Crippen LogP contribution >= 0.6 is 11.6 Å². The quantitative estimate of drug-likeness (QED) is 0.877. The lowest BCUT2D eigenvalue weighted by Crippen LogP contribution is -2.41. The third-order valence-corrected chi connectivity index (χ3v) is 3.34.